The summed E-state index contributed by atoms with van der Waals surface area (Å²) in [5, 5.41) is 7.44. The van der Waals surface area contributed by atoms with Crippen LogP contribution in [0.1, 0.15) is 30.1 Å². The monoisotopic (exact) mass is 376 g/mol. The number of aryl methyl sites for hydroxylation is 1. The first-order chi connectivity index (χ1) is 12.4. The van der Waals surface area contributed by atoms with Crippen LogP contribution < -0.4 is 5.32 Å². The number of nitrogens with one attached hydrogen (secondary N) is 1. The van der Waals surface area contributed by atoms with Crippen LogP contribution in [-0.2, 0) is 16.0 Å². The normalized spacial score (nSPS) is 19.6. The molecule has 26 heavy (non-hydrogen) atoms. The van der Waals surface area contributed by atoms with Gasteiger partial charge < -0.3 is 14.7 Å². The number of likely N-dealkylation sites (tertiary alicyclic amines) is 1. The summed E-state index contributed by atoms with van der Waals surface area (Å²) in [6.45, 7) is 4.50. The molecule has 0 spiro atoms. The van der Waals surface area contributed by atoms with Crippen LogP contribution in [-0.4, -0.2) is 46.5 Å². The number of halogens is 1. The fourth-order valence-electron chi connectivity index (χ4n) is 3.15. The first-order valence-electron chi connectivity index (χ1n) is 8.52. The van der Waals surface area contributed by atoms with E-state index in [1.54, 1.807) is 11.8 Å². The van der Waals surface area contributed by atoms with Crippen molar-refractivity contribution in [2.24, 2.45) is 5.92 Å². The van der Waals surface area contributed by atoms with E-state index >= 15 is 0 Å². The fraction of sp³-hybridized carbons (Fsp3) is 0.444. The van der Waals surface area contributed by atoms with E-state index < -0.39 is 5.92 Å². The minimum absolute atomic E-state index is 0.0669. The Bertz CT molecular complexity index is 790. The fourth-order valence-corrected chi connectivity index (χ4v) is 3.28. The van der Waals surface area contributed by atoms with E-state index in [2.05, 4.69) is 15.5 Å². The quantitative estimate of drug-likeness (QED) is 0.861. The van der Waals surface area contributed by atoms with E-state index in [1.165, 1.54) is 6.92 Å². The van der Waals surface area contributed by atoms with Crippen molar-refractivity contribution in [1.82, 2.24) is 20.4 Å². The maximum Gasteiger partial charge on any atom is 0.232 e. The molecule has 2 aromatic rings. The maximum absolute atomic E-state index is 12.7. The number of aromatic nitrogens is 2. The second-order valence-corrected chi connectivity index (χ2v) is 6.92. The van der Waals surface area contributed by atoms with Crippen molar-refractivity contribution in [3.05, 3.63) is 46.6 Å². The Morgan fingerprint density at radius 3 is 2.65 bits per heavy atom. The molecule has 1 aromatic carbocycles. The first kappa shape index (κ1) is 18.4. The third-order valence-electron chi connectivity index (χ3n) is 4.59. The van der Waals surface area contributed by atoms with Crippen LogP contribution in [0, 0.1) is 12.8 Å². The van der Waals surface area contributed by atoms with Gasteiger partial charge in [-0.3, -0.25) is 9.59 Å². The molecule has 1 aliphatic rings. The molecule has 8 heteroatoms. The lowest BCUT2D eigenvalue weighted by Crippen LogP contribution is -2.36. The van der Waals surface area contributed by atoms with Crippen LogP contribution in [0.4, 0.5) is 0 Å². The molecule has 1 aromatic heterocycles. The molecule has 3 rings (SSSR count). The van der Waals surface area contributed by atoms with Gasteiger partial charge in [0.25, 0.3) is 0 Å². The average Bonchev–Trinajstić information content (AvgIpc) is 3.23. The summed E-state index contributed by atoms with van der Waals surface area (Å²) in [7, 11) is 0. The molecular weight excluding hydrogens is 356 g/mol. The zero-order valence-electron chi connectivity index (χ0n) is 14.7. The van der Waals surface area contributed by atoms with Gasteiger partial charge in [0.2, 0.25) is 17.7 Å². The number of carbonyl (C=O) groups is 2. The van der Waals surface area contributed by atoms with Crippen molar-refractivity contribution in [3.63, 3.8) is 0 Å². The van der Waals surface area contributed by atoms with Crippen molar-refractivity contribution in [2.45, 2.75) is 26.2 Å². The highest BCUT2D eigenvalue weighted by atomic mass is 35.5. The Hall–Kier alpha value is -2.41. The smallest absolute Gasteiger partial charge is 0.232 e. The highest BCUT2D eigenvalue weighted by molar-refractivity contribution is 6.30. The third-order valence-corrected chi connectivity index (χ3v) is 4.84. The summed E-state index contributed by atoms with van der Waals surface area (Å²) in [6, 6.07) is 7.53. The molecule has 2 amide bonds. The Morgan fingerprint density at radius 2 is 2.04 bits per heavy atom. The molecule has 1 N–H and O–H groups in total. The van der Waals surface area contributed by atoms with Crippen LogP contribution in [0.5, 0.6) is 0 Å². The molecule has 0 saturated carbocycles. The van der Waals surface area contributed by atoms with E-state index in [1.807, 2.05) is 24.3 Å². The number of rotatable bonds is 5. The van der Waals surface area contributed by atoms with E-state index in [9.17, 15) is 9.59 Å². The van der Waals surface area contributed by atoms with Crippen LogP contribution in [0.25, 0.3) is 0 Å². The summed E-state index contributed by atoms with van der Waals surface area (Å²) in [5.74, 6) is 0.0677. The first-order valence-corrected chi connectivity index (χ1v) is 8.89. The maximum atomic E-state index is 12.7. The summed E-state index contributed by atoms with van der Waals surface area (Å²) >= 11 is 5.88. The van der Waals surface area contributed by atoms with Crippen LogP contribution in [0.3, 0.4) is 0 Å². The largest absolute Gasteiger partial charge is 0.355 e. The molecular formula is C18H21ClN4O3. The van der Waals surface area contributed by atoms with Gasteiger partial charge in [0.05, 0.1) is 11.8 Å². The standard InChI is InChI=1S/C18H21ClN4O3/c1-11-21-18(26-22-11)16-10-23(12(2)24)9-15(16)17(25)20-8-7-13-3-5-14(19)6-4-13/h3-6,15-16H,7-10H2,1-2H3,(H,20,25)/t15-,16-/m1/s1. The number of hydrogen-bond acceptors (Lipinski definition) is 5. The van der Waals surface area contributed by atoms with Gasteiger partial charge in [0, 0.05) is 31.6 Å². The zero-order chi connectivity index (χ0) is 18.7. The number of carbonyl (C=O) groups excluding carboxylic acids is 2. The van der Waals surface area contributed by atoms with Crippen LogP contribution in [0.2, 0.25) is 5.02 Å². The molecule has 2 heterocycles. The molecule has 2 atom stereocenters. The van der Waals surface area contributed by atoms with Gasteiger partial charge in [-0.05, 0) is 31.0 Å². The molecule has 7 nitrogen and oxygen atoms in total. The van der Waals surface area contributed by atoms with E-state index in [4.69, 9.17) is 16.1 Å². The van der Waals surface area contributed by atoms with Gasteiger partial charge in [-0.1, -0.05) is 28.9 Å². The van der Waals surface area contributed by atoms with Crippen LogP contribution in [0.15, 0.2) is 28.8 Å². The minimum atomic E-state index is -0.399. The lowest BCUT2D eigenvalue weighted by Gasteiger charge is -2.15. The highest BCUT2D eigenvalue weighted by Crippen LogP contribution is 2.32. The lowest BCUT2D eigenvalue weighted by molar-refractivity contribution is -0.128. The van der Waals surface area contributed by atoms with Crippen molar-refractivity contribution in [1.29, 1.82) is 0 Å². The Morgan fingerprint density at radius 1 is 1.31 bits per heavy atom. The molecule has 1 aliphatic heterocycles. The van der Waals surface area contributed by atoms with Gasteiger partial charge >= 0.3 is 0 Å². The topological polar surface area (TPSA) is 88.3 Å². The number of benzene rings is 1. The molecule has 138 valence electrons. The predicted octanol–water partition coefficient (Wildman–Crippen LogP) is 1.95. The van der Waals surface area contributed by atoms with Gasteiger partial charge in [0.1, 0.15) is 0 Å². The molecule has 0 bridgehead atoms. The Balaban J connectivity index is 1.63. The summed E-state index contributed by atoms with van der Waals surface area (Å²) in [5.41, 5.74) is 1.09. The van der Waals surface area contributed by atoms with Gasteiger partial charge in [0.15, 0.2) is 5.82 Å². The second-order valence-electron chi connectivity index (χ2n) is 6.48. The summed E-state index contributed by atoms with van der Waals surface area (Å²) < 4.78 is 5.25. The minimum Gasteiger partial charge on any atom is -0.355 e. The predicted molar refractivity (Wildman–Crippen MR) is 95.7 cm³/mol. The zero-order valence-corrected chi connectivity index (χ0v) is 15.5. The SMILES string of the molecule is CC(=O)N1C[C@@H](C(=O)NCCc2ccc(Cl)cc2)[C@H](c2nc(C)no2)C1. The van der Waals surface area contributed by atoms with Crippen molar-refractivity contribution >= 4 is 23.4 Å². The second kappa shape index (κ2) is 7.86. The Labute approximate surface area is 156 Å². The molecule has 0 unspecified atom stereocenters. The van der Waals surface area contributed by atoms with E-state index in [0.717, 1.165) is 5.56 Å². The molecule has 0 aliphatic carbocycles. The summed E-state index contributed by atoms with van der Waals surface area (Å²) in [6.07, 6.45) is 0.705. The number of amides is 2. The number of hydrogen-bond donors (Lipinski definition) is 1. The van der Waals surface area contributed by atoms with Crippen LogP contribution >= 0.6 is 11.6 Å². The lowest BCUT2D eigenvalue weighted by atomic mass is 9.95. The summed E-state index contributed by atoms with van der Waals surface area (Å²) in [4.78, 5) is 30.3. The van der Waals surface area contributed by atoms with Gasteiger partial charge in [-0.15, -0.1) is 0 Å². The molecule has 1 fully saturated rings. The van der Waals surface area contributed by atoms with E-state index in [-0.39, 0.29) is 17.7 Å². The van der Waals surface area contributed by atoms with Crippen molar-refractivity contribution in [3.8, 4) is 0 Å². The van der Waals surface area contributed by atoms with Gasteiger partial charge in [-0.25, -0.2) is 0 Å². The average molecular weight is 377 g/mol. The molecule has 0 radical (unpaired) electrons. The van der Waals surface area contributed by atoms with Crippen molar-refractivity contribution in [2.75, 3.05) is 19.6 Å². The number of nitrogens with zero attached hydrogens (tertiary/aromatic N) is 3. The van der Waals surface area contributed by atoms with Crippen molar-refractivity contribution < 1.29 is 14.1 Å². The highest BCUT2D eigenvalue weighted by Gasteiger charge is 2.42. The third kappa shape index (κ3) is 4.22. The molecule has 1 saturated heterocycles. The Kier molecular flexibility index (Phi) is 5.56. The van der Waals surface area contributed by atoms with Gasteiger partial charge in [-0.2, -0.15) is 4.98 Å². The van der Waals surface area contributed by atoms with E-state index in [0.29, 0.717) is 42.8 Å².